The number of rotatable bonds is 1. The van der Waals surface area contributed by atoms with E-state index in [2.05, 4.69) is 23.2 Å². The second kappa shape index (κ2) is 5.01. The van der Waals surface area contributed by atoms with Crippen LogP contribution in [0.25, 0.3) is 0 Å². The number of aromatic nitrogens is 1. The van der Waals surface area contributed by atoms with E-state index in [1.165, 1.54) is 22.5 Å². The zero-order chi connectivity index (χ0) is 13.2. The van der Waals surface area contributed by atoms with Crippen LogP contribution in [0.1, 0.15) is 28.0 Å². The third-order valence-electron chi connectivity index (χ3n) is 3.38. The lowest BCUT2D eigenvalue weighted by Gasteiger charge is -2.19. The van der Waals surface area contributed by atoms with Gasteiger partial charge < -0.3 is 10.6 Å². The van der Waals surface area contributed by atoms with Crippen molar-refractivity contribution in [2.75, 3.05) is 12.3 Å². The number of nitrogens with zero attached hydrogens (tertiary/aromatic N) is 2. The molecule has 1 aliphatic heterocycles. The summed E-state index contributed by atoms with van der Waals surface area (Å²) in [6.45, 7) is 1.43. The van der Waals surface area contributed by atoms with Crippen LogP contribution in [0.3, 0.4) is 0 Å². The van der Waals surface area contributed by atoms with Crippen molar-refractivity contribution in [3.63, 3.8) is 0 Å². The van der Waals surface area contributed by atoms with E-state index in [-0.39, 0.29) is 5.91 Å². The number of fused-ring (bicyclic) bond motifs is 1. The van der Waals surface area contributed by atoms with Gasteiger partial charge in [0.05, 0.1) is 0 Å². The van der Waals surface area contributed by atoms with Crippen LogP contribution < -0.4 is 5.73 Å². The minimum Gasteiger partial charge on any atom is -0.375 e. The standard InChI is InChI=1S/C14H15N3OS/c15-14-16-12(9-19-14)13(18)17-7-3-6-10-4-1-2-5-11(10)8-17/h1-2,4-5,9H,3,6-8H2,(H2,15,16). The van der Waals surface area contributed by atoms with Crippen LogP contribution in [0.4, 0.5) is 5.13 Å². The van der Waals surface area contributed by atoms with Gasteiger partial charge in [-0.3, -0.25) is 4.79 Å². The van der Waals surface area contributed by atoms with Crippen molar-refractivity contribution in [2.24, 2.45) is 0 Å². The first-order valence-corrected chi connectivity index (χ1v) is 7.19. The summed E-state index contributed by atoms with van der Waals surface area (Å²) in [6.07, 6.45) is 2.02. The maximum absolute atomic E-state index is 12.4. The van der Waals surface area contributed by atoms with E-state index >= 15 is 0 Å². The molecule has 0 fully saturated rings. The Morgan fingerprint density at radius 2 is 2.11 bits per heavy atom. The number of amides is 1. The molecule has 0 saturated carbocycles. The molecule has 3 rings (SSSR count). The molecule has 19 heavy (non-hydrogen) atoms. The molecule has 0 bridgehead atoms. The first kappa shape index (κ1) is 12.2. The Bertz CT molecular complexity index is 608. The van der Waals surface area contributed by atoms with Crippen molar-refractivity contribution >= 4 is 22.4 Å². The van der Waals surface area contributed by atoms with Gasteiger partial charge in [0, 0.05) is 18.5 Å². The number of carbonyl (C=O) groups is 1. The van der Waals surface area contributed by atoms with Gasteiger partial charge in [0.15, 0.2) is 5.13 Å². The first-order valence-electron chi connectivity index (χ1n) is 6.31. The van der Waals surface area contributed by atoms with Crippen LogP contribution >= 0.6 is 11.3 Å². The molecule has 0 atom stereocenters. The molecule has 1 aliphatic rings. The highest BCUT2D eigenvalue weighted by atomic mass is 32.1. The fourth-order valence-electron chi connectivity index (χ4n) is 2.42. The number of nitrogen functional groups attached to an aromatic ring is 1. The first-order chi connectivity index (χ1) is 9.24. The molecule has 98 valence electrons. The lowest BCUT2D eigenvalue weighted by Crippen LogP contribution is -2.30. The van der Waals surface area contributed by atoms with E-state index in [1.807, 2.05) is 11.0 Å². The summed E-state index contributed by atoms with van der Waals surface area (Å²) in [4.78, 5) is 18.3. The molecule has 5 heteroatoms. The van der Waals surface area contributed by atoms with Crippen molar-refractivity contribution in [1.82, 2.24) is 9.88 Å². The zero-order valence-electron chi connectivity index (χ0n) is 10.5. The highest BCUT2D eigenvalue weighted by Gasteiger charge is 2.21. The Labute approximate surface area is 115 Å². The molecule has 2 N–H and O–H groups in total. The summed E-state index contributed by atoms with van der Waals surface area (Å²) in [5, 5.41) is 2.17. The Hall–Kier alpha value is -1.88. The molecular formula is C14H15N3OS. The zero-order valence-corrected chi connectivity index (χ0v) is 11.3. The molecular weight excluding hydrogens is 258 g/mol. The Kier molecular flexibility index (Phi) is 3.21. The monoisotopic (exact) mass is 273 g/mol. The van der Waals surface area contributed by atoms with E-state index in [9.17, 15) is 4.79 Å². The minimum atomic E-state index is -0.0235. The smallest absolute Gasteiger partial charge is 0.273 e. The number of nitrogens with two attached hydrogens (primary N) is 1. The van der Waals surface area contributed by atoms with Crippen LogP contribution in [0.2, 0.25) is 0 Å². The number of thiazole rings is 1. The molecule has 2 aromatic rings. The highest BCUT2D eigenvalue weighted by molar-refractivity contribution is 7.13. The summed E-state index contributed by atoms with van der Waals surface area (Å²) in [6, 6.07) is 8.31. The van der Waals surface area contributed by atoms with Gasteiger partial charge in [0.1, 0.15) is 5.69 Å². The Morgan fingerprint density at radius 1 is 1.32 bits per heavy atom. The molecule has 0 saturated heterocycles. The largest absolute Gasteiger partial charge is 0.375 e. The third kappa shape index (κ3) is 2.46. The Morgan fingerprint density at radius 3 is 2.84 bits per heavy atom. The highest BCUT2D eigenvalue weighted by Crippen LogP contribution is 2.21. The summed E-state index contributed by atoms with van der Waals surface area (Å²) in [7, 11) is 0. The number of carbonyl (C=O) groups excluding carboxylic acids is 1. The SMILES string of the molecule is Nc1nc(C(=O)N2CCCc3ccccc3C2)cs1. The second-order valence-corrected chi connectivity index (χ2v) is 5.56. The number of aryl methyl sites for hydroxylation is 1. The van der Waals surface area contributed by atoms with E-state index in [0.29, 0.717) is 17.4 Å². The van der Waals surface area contributed by atoms with Crippen molar-refractivity contribution in [3.05, 3.63) is 46.5 Å². The number of benzene rings is 1. The molecule has 0 aliphatic carbocycles. The molecule has 0 radical (unpaired) electrons. The predicted molar refractivity (Wildman–Crippen MR) is 76.0 cm³/mol. The topological polar surface area (TPSA) is 59.2 Å². The lowest BCUT2D eigenvalue weighted by molar-refractivity contribution is 0.0741. The van der Waals surface area contributed by atoms with Gasteiger partial charge in [0.2, 0.25) is 0 Å². The molecule has 2 heterocycles. The summed E-state index contributed by atoms with van der Waals surface area (Å²) in [5.41, 5.74) is 8.63. The summed E-state index contributed by atoms with van der Waals surface area (Å²) >= 11 is 1.31. The van der Waals surface area contributed by atoms with Crippen molar-refractivity contribution in [2.45, 2.75) is 19.4 Å². The van der Waals surface area contributed by atoms with Crippen LogP contribution in [0.5, 0.6) is 0 Å². The molecule has 0 spiro atoms. The minimum absolute atomic E-state index is 0.0235. The van der Waals surface area contributed by atoms with Crippen molar-refractivity contribution < 1.29 is 4.79 Å². The van der Waals surface area contributed by atoms with Crippen molar-refractivity contribution in [1.29, 1.82) is 0 Å². The van der Waals surface area contributed by atoms with Crippen LogP contribution in [-0.2, 0) is 13.0 Å². The van der Waals surface area contributed by atoms with Crippen LogP contribution in [0.15, 0.2) is 29.6 Å². The van der Waals surface area contributed by atoms with Crippen LogP contribution in [0, 0.1) is 0 Å². The van der Waals surface area contributed by atoms with E-state index in [0.717, 1.165) is 19.4 Å². The number of anilines is 1. The van der Waals surface area contributed by atoms with Gasteiger partial charge in [-0.05, 0) is 24.0 Å². The van der Waals surface area contributed by atoms with E-state index < -0.39 is 0 Å². The van der Waals surface area contributed by atoms with Gasteiger partial charge in [-0.25, -0.2) is 4.98 Å². The fourth-order valence-corrected chi connectivity index (χ4v) is 2.96. The third-order valence-corrected chi connectivity index (χ3v) is 4.06. The van der Waals surface area contributed by atoms with E-state index in [1.54, 1.807) is 5.38 Å². The lowest BCUT2D eigenvalue weighted by atomic mass is 10.0. The Balaban J connectivity index is 1.84. The quantitative estimate of drug-likeness (QED) is 0.867. The summed E-state index contributed by atoms with van der Waals surface area (Å²) < 4.78 is 0. The van der Waals surface area contributed by atoms with Gasteiger partial charge >= 0.3 is 0 Å². The molecule has 1 aromatic carbocycles. The maximum atomic E-state index is 12.4. The average Bonchev–Trinajstić information content (AvgIpc) is 2.74. The normalized spacial score (nSPS) is 14.8. The molecule has 1 aromatic heterocycles. The second-order valence-electron chi connectivity index (χ2n) is 4.67. The van der Waals surface area contributed by atoms with Gasteiger partial charge in [-0.15, -0.1) is 11.3 Å². The number of hydrogen-bond acceptors (Lipinski definition) is 4. The van der Waals surface area contributed by atoms with Gasteiger partial charge in [-0.1, -0.05) is 24.3 Å². The molecule has 1 amide bonds. The van der Waals surface area contributed by atoms with Gasteiger partial charge in [-0.2, -0.15) is 0 Å². The number of hydrogen-bond donors (Lipinski definition) is 1. The average molecular weight is 273 g/mol. The van der Waals surface area contributed by atoms with E-state index in [4.69, 9.17) is 5.73 Å². The maximum Gasteiger partial charge on any atom is 0.273 e. The molecule has 4 nitrogen and oxygen atoms in total. The predicted octanol–water partition coefficient (Wildman–Crippen LogP) is 2.31. The van der Waals surface area contributed by atoms with Crippen LogP contribution in [-0.4, -0.2) is 22.3 Å². The molecule has 0 unspecified atom stereocenters. The van der Waals surface area contributed by atoms with Gasteiger partial charge in [0.25, 0.3) is 5.91 Å². The summed E-state index contributed by atoms with van der Waals surface area (Å²) in [5.74, 6) is -0.0235. The fraction of sp³-hybridized carbons (Fsp3) is 0.286. The van der Waals surface area contributed by atoms with Crippen molar-refractivity contribution in [3.8, 4) is 0 Å².